The number of hydrogen-bond donors (Lipinski definition) is 1. The number of nitrogens with zero attached hydrogens (tertiary/aromatic N) is 2. The predicted octanol–water partition coefficient (Wildman–Crippen LogP) is 1.79. The maximum atomic E-state index is 3.67. The molecular formula is C15H31N3. The molecule has 2 aliphatic rings. The van der Waals surface area contributed by atoms with Crippen molar-refractivity contribution >= 4 is 0 Å². The zero-order valence-electron chi connectivity index (χ0n) is 12.7. The Balaban J connectivity index is 1.81. The molecule has 3 heteroatoms. The molecule has 1 atom stereocenters. The molecule has 2 saturated carbocycles. The first kappa shape index (κ1) is 14.3. The molecule has 0 saturated heterocycles. The van der Waals surface area contributed by atoms with Gasteiger partial charge in [0.15, 0.2) is 0 Å². The van der Waals surface area contributed by atoms with E-state index < -0.39 is 0 Å². The van der Waals surface area contributed by atoms with E-state index in [9.17, 15) is 0 Å². The summed E-state index contributed by atoms with van der Waals surface area (Å²) in [6.07, 6.45) is 7.03. The summed E-state index contributed by atoms with van der Waals surface area (Å²) in [7, 11) is 6.79. The Labute approximate surface area is 113 Å². The SMILES string of the molecule is CCNC(CN(C)CC1(N(C)C)CCC1)C1CC1. The predicted molar refractivity (Wildman–Crippen MR) is 78.0 cm³/mol. The van der Waals surface area contributed by atoms with Crippen LogP contribution in [-0.4, -0.2) is 62.2 Å². The van der Waals surface area contributed by atoms with Gasteiger partial charge in [-0.2, -0.15) is 0 Å². The molecule has 3 nitrogen and oxygen atoms in total. The van der Waals surface area contributed by atoms with Crippen molar-refractivity contribution in [1.82, 2.24) is 15.1 Å². The Hall–Kier alpha value is -0.120. The maximum Gasteiger partial charge on any atom is 0.0330 e. The van der Waals surface area contributed by atoms with Crippen LogP contribution in [0.2, 0.25) is 0 Å². The molecule has 106 valence electrons. The zero-order chi connectivity index (χ0) is 13.2. The first-order chi connectivity index (χ1) is 8.57. The minimum Gasteiger partial charge on any atom is -0.313 e. The minimum atomic E-state index is 0.467. The van der Waals surface area contributed by atoms with E-state index >= 15 is 0 Å². The molecule has 0 aliphatic heterocycles. The Morgan fingerprint density at radius 1 is 1.22 bits per heavy atom. The standard InChI is InChI=1S/C15H31N3/c1-5-16-14(13-7-8-13)11-18(4)12-15(17(2)3)9-6-10-15/h13-14,16H,5-12H2,1-4H3. The first-order valence-electron chi connectivity index (χ1n) is 7.67. The normalized spacial score (nSPS) is 24.3. The van der Waals surface area contributed by atoms with Gasteiger partial charge in [0.1, 0.15) is 0 Å². The smallest absolute Gasteiger partial charge is 0.0330 e. The molecule has 0 bridgehead atoms. The molecule has 2 rings (SSSR count). The van der Waals surface area contributed by atoms with Crippen molar-refractivity contribution in [2.75, 3.05) is 40.8 Å². The van der Waals surface area contributed by atoms with Crippen molar-refractivity contribution < 1.29 is 0 Å². The second-order valence-corrected chi connectivity index (χ2v) is 6.67. The Morgan fingerprint density at radius 3 is 2.28 bits per heavy atom. The molecule has 1 N–H and O–H groups in total. The van der Waals surface area contributed by atoms with E-state index in [0.29, 0.717) is 5.54 Å². The van der Waals surface area contributed by atoms with Gasteiger partial charge >= 0.3 is 0 Å². The Bertz CT molecular complexity index is 256. The van der Waals surface area contributed by atoms with Gasteiger partial charge in [0, 0.05) is 24.7 Å². The van der Waals surface area contributed by atoms with E-state index in [1.165, 1.54) is 45.2 Å². The lowest BCUT2D eigenvalue weighted by atomic mass is 9.75. The summed E-state index contributed by atoms with van der Waals surface area (Å²) in [6.45, 7) is 5.78. The fraction of sp³-hybridized carbons (Fsp3) is 1.00. The van der Waals surface area contributed by atoms with Gasteiger partial charge in [-0.3, -0.25) is 0 Å². The molecule has 0 radical (unpaired) electrons. The van der Waals surface area contributed by atoms with E-state index in [1.54, 1.807) is 0 Å². The van der Waals surface area contributed by atoms with Gasteiger partial charge < -0.3 is 15.1 Å². The Kier molecular flexibility index (Phi) is 4.68. The third-order valence-electron chi connectivity index (χ3n) is 4.96. The van der Waals surface area contributed by atoms with Crippen molar-refractivity contribution in [3.63, 3.8) is 0 Å². The van der Waals surface area contributed by atoms with Crippen molar-refractivity contribution in [3.05, 3.63) is 0 Å². The number of rotatable bonds is 8. The van der Waals surface area contributed by atoms with Crippen molar-refractivity contribution in [2.24, 2.45) is 5.92 Å². The summed E-state index contributed by atoms with van der Waals surface area (Å²) in [5.41, 5.74) is 0.467. The summed E-state index contributed by atoms with van der Waals surface area (Å²) in [6, 6.07) is 0.722. The lowest BCUT2D eigenvalue weighted by Gasteiger charge is -2.49. The van der Waals surface area contributed by atoms with Crippen LogP contribution in [0.3, 0.4) is 0 Å². The Morgan fingerprint density at radius 2 is 1.89 bits per heavy atom. The second-order valence-electron chi connectivity index (χ2n) is 6.67. The molecule has 0 aromatic rings. The summed E-state index contributed by atoms with van der Waals surface area (Å²) in [4.78, 5) is 5.01. The lowest BCUT2D eigenvalue weighted by molar-refractivity contribution is 0.0250. The fourth-order valence-corrected chi connectivity index (χ4v) is 3.38. The molecule has 0 heterocycles. The highest BCUT2D eigenvalue weighted by molar-refractivity contribution is 4.98. The topological polar surface area (TPSA) is 18.5 Å². The van der Waals surface area contributed by atoms with Gasteiger partial charge in [-0.15, -0.1) is 0 Å². The van der Waals surface area contributed by atoms with E-state index in [1.807, 2.05) is 0 Å². The summed E-state index contributed by atoms with van der Waals surface area (Å²) in [5.74, 6) is 0.948. The van der Waals surface area contributed by atoms with Crippen LogP contribution in [0.5, 0.6) is 0 Å². The van der Waals surface area contributed by atoms with Crippen molar-refractivity contribution in [2.45, 2.75) is 50.6 Å². The highest BCUT2D eigenvalue weighted by Crippen LogP contribution is 2.37. The molecule has 1 unspecified atom stereocenters. The van der Waals surface area contributed by atoms with Crippen LogP contribution < -0.4 is 5.32 Å². The van der Waals surface area contributed by atoms with E-state index in [4.69, 9.17) is 0 Å². The first-order valence-corrected chi connectivity index (χ1v) is 7.67. The largest absolute Gasteiger partial charge is 0.313 e. The van der Waals surface area contributed by atoms with Crippen LogP contribution in [-0.2, 0) is 0 Å². The average Bonchev–Trinajstić information content (AvgIpc) is 3.06. The maximum absolute atomic E-state index is 3.67. The van der Waals surface area contributed by atoms with Crippen LogP contribution in [0, 0.1) is 5.92 Å². The van der Waals surface area contributed by atoms with Gasteiger partial charge in [-0.05, 0) is 65.7 Å². The van der Waals surface area contributed by atoms with Crippen LogP contribution in [0.15, 0.2) is 0 Å². The van der Waals surface area contributed by atoms with Crippen LogP contribution in [0.4, 0.5) is 0 Å². The number of likely N-dealkylation sites (N-methyl/N-ethyl adjacent to an activating group) is 3. The highest BCUT2D eigenvalue weighted by Gasteiger charge is 2.40. The molecule has 0 aromatic heterocycles. The highest BCUT2D eigenvalue weighted by atomic mass is 15.2. The van der Waals surface area contributed by atoms with Crippen LogP contribution in [0.25, 0.3) is 0 Å². The van der Waals surface area contributed by atoms with Crippen LogP contribution in [0.1, 0.15) is 39.0 Å². The quantitative estimate of drug-likeness (QED) is 0.711. The van der Waals surface area contributed by atoms with Crippen LogP contribution >= 0.6 is 0 Å². The molecule has 2 aliphatic carbocycles. The molecule has 0 amide bonds. The zero-order valence-corrected chi connectivity index (χ0v) is 12.7. The van der Waals surface area contributed by atoms with Gasteiger partial charge in [0.05, 0.1) is 0 Å². The van der Waals surface area contributed by atoms with E-state index in [0.717, 1.165) is 18.5 Å². The number of nitrogens with one attached hydrogen (secondary N) is 1. The monoisotopic (exact) mass is 253 g/mol. The van der Waals surface area contributed by atoms with Gasteiger partial charge in [-0.25, -0.2) is 0 Å². The third kappa shape index (κ3) is 3.25. The van der Waals surface area contributed by atoms with Gasteiger partial charge in [0.2, 0.25) is 0 Å². The molecule has 0 spiro atoms. The summed E-state index contributed by atoms with van der Waals surface area (Å²) in [5, 5.41) is 3.67. The van der Waals surface area contributed by atoms with Gasteiger partial charge in [0.25, 0.3) is 0 Å². The molecule has 18 heavy (non-hydrogen) atoms. The molecular weight excluding hydrogens is 222 g/mol. The van der Waals surface area contributed by atoms with Gasteiger partial charge in [-0.1, -0.05) is 6.92 Å². The number of hydrogen-bond acceptors (Lipinski definition) is 3. The molecule has 0 aromatic carbocycles. The second kappa shape index (κ2) is 5.89. The summed E-state index contributed by atoms with van der Waals surface area (Å²) >= 11 is 0. The lowest BCUT2D eigenvalue weighted by Crippen LogP contribution is -2.58. The average molecular weight is 253 g/mol. The summed E-state index contributed by atoms with van der Waals surface area (Å²) < 4.78 is 0. The third-order valence-corrected chi connectivity index (χ3v) is 4.96. The molecule has 2 fully saturated rings. The van der Waals surface area contributed by atoms with E-state index in [2.05, 4.69) is 43.2 Å². The van der Waals surface area contributed by atoms with Crippen molar-refractivity contribution in [1.29, 1.82) is 0 Å². The van der Waals surface area contributed by atoms with Crippen molar-refractivity contribution in [3.8, 4) is 0 Å². The minimum absolute atomic E-state index is 0.467. The fourth-order valence-electron chi connectivity index (χ4n) is 3.38. The van der Waals surface area contributed by atoms with E-state index in [-0.39, 0.29) is 0 Å².